The van der Waals surface area contributed by atoms with Crippen LogP contribution in [0.25, 0.3) is 0 Å². The molecule has 0 aromatic carbocycles. The summed E-state index contributed by atoms with van der Waals surface area (Å²) >= 11 is 1.82. The highest BCUT2D eigenvalue weighted by molar-refractivity contribution is 7.15. The first-order valence-corrected chi connectivity index (χ1v) is 9.95. The number of morpholine rings is 1. The second-order valence-corrected chi connectivity index (χ2v) is 8.59. The highest BCUT2D eigenvalue weighted by Crippen LogP contribution is 2.42. The minimum Gasteiger partial charge on any atom is -0.373 e. The molecule has 5 nitrogen and oxygen atoms in total. The Hall–Kier alpha value is -0.720. The summed E-state index contributed by atoms with van der Waals surface area (Å²) in [5.41, 5.74) is 0. The molecular weight excluding hydrogens is 308 g/mol. The molecule has 0 N–H and O–H groups in total. The summed E-state index contributed by atoms with van der Waals surface area (Å²) in [5, 5.41) is 11.2. The molecule has 0 bridgehead atoms. The fourth-order valence-corrected chi connectivity index (χ4v) is 5.02. The average molecular weight is 337 g/mol. The van der Waals surface area contributed by atoms with E-state index in [1.807, 2.05) is 11.3 Å². The largest absolute Gasteiger partial charge is 0.373 e. The van der Waals surface area contributed by atoms with Crippen molar-refractivity contribution in [1.29, 1.82) is 0 Å². The fraction of sp³-hybridized carbons (Fsp3) is 0.882. The van der Waals surface area contributed by atoms with Crippen molar-refractivity contribution < 1.29 is 4.74 Å². The highest BCUT2D eigenvalue weighted by Gasteiger charge is 2.30. The van der Waals surface area contributed by atoms with E-state index >= 15 is 0 Å². The third-order valence-corrected chi connectivity index (χ3v) is 6.40. The summed E-state index contributed by atoms with van der Waals surface area (Å²) in [5.74, 6) is 1.55. The predicted molar refractivity (Wildman–Crippen MR) is 93.3 cm³/mol. The van der Waals surface area contributed by atoms with Crippen molar-refractivity contribution in [3.63, 3.8) is 0 Å². The normalized spacial score (nSPS) is 30.8. The first-order chi connectivity index (χ1) is 11.2. The summed E-state index contributed by atoms with van der Waals surface area (Å²) in [7, 11) is 0. The van der Waals surface area contributed by atoms with Crippen LogP contribution in [0.3, 0.4) is 0 Å². The van der Waals surface area contributed by atoms with Gasteiger partial charge in [-0.05, 0) is 45.4 Å². The van der Waals surface area contributed by atoms with Gasteiger partial charge in [-0.3, -0.25) is 4.90 Å². The van der Waals surface area contributed by atoms with Crippen LogP contribution in [0.4, 0.5) is 5.13 Å². The van der Waals surface area contributed by atoms with Crippen LogP contribution in [0.5, 0.6) is 0 Å². The van der Waals surface area contributed by atoms with Crippen molar-refractivity contribution in [3.05, 3.63) is 5.01 Å². The second kappa shape index (κ2) is 6.65. The van der Waals surface area contributed by atoms with Gasteiger partial charge in [-0.25, -0.2) is 0 Å². The van der Waals surface area contributed by atoms with Gasteiger partial charge in [0.05, 0.1) is 12.2 Å². The van der Waals surface area contributed by atoms with Crippen LogP contribution in [-0.4, -0.2) is 60.0 Å². The van der Waals surface area contributed by atoms with E-state index in [2.05, 4.69) is 33.8 Å². The molecule has 23 heavy (non-hydrogen) atoms. The van der Waals surface area contributed by atoms with Crippen molar-refractivity contribution >= 4 is 16.5 Å². The zero-order chi connectivity index (χ0) is 15.8. The van der Waals surface area contributed by atoms with Gasteiger partial charge in [0.15, 0.2) is 0 Å². The number of ether oxygens (including phenoxy) is 1. The lowest BCUT2D eigenvalue weighted by Crippen LogP contribution is -2.48. The number of anilines is 1. The van der Waals surface area contributed by atoms with Gasteiger partial charge >= 0.3 is 0 Å². The van der Waals surface area contributed by atoms with Gasteiger partial charge in [0.2, 0.25) is 5.13 Å². The maximum Gasteiger partial charge on any atom is 0.208 e. The number of hydrogen-bond donors (Lipinski definition) is 0. The van der Waals surface area contributed by atoms with Gasteiger partial charge in [-0.2, -0.15) is 0 Å². The van der Waals surface area contributed by atoms with Crippen LogP contribution in [-0.2, 0) is 4.74 Å². The molecule has 1 aliphatic carbocycles. The van der Waals surface area contributed by atoms with Gasteiger partial charge in [0.1, 0.15) is 5.01 Å². The third-order valence-electron chi connectivity index (χ3n) is 5.25. The maximum atomic E-state index is 5.84. The lowest BCUT2D eigenvalue weighted by Gasteiger charge is -2.39. The molecular formula is C17H28N4OS. The van der Waals surface area contributed by atoms with Crippen molar-refractivity contribution in [2.45, 2.75) is 57.7 Å². The zero-order valence-electron chi connectivity index (χ0n) is 14.3. The highest BCUT2D eigenvalue weighted by atomic mass is 32.1. The SMILES string of the molecule is C[C@H]1CN(CC2CCN(c3nnc(C4CC4)s3)CC2)C[C@H](C)O1. The molecule has 2 atom stereocenters. The summed E-state index contributed by atoms with van der Waals surface area (Å²) in [6, 6.07) is 0. The topological polar surface area (TPSA) is 41.5 Å². The standard InChI is InChI=1S/C17H28N4OS/c1-12-9-20(10-13(2)22-12)11-14-5-7-21(8-6-14)17-19-18-16(23-17)15-3-4-15/h12-15H,3-11H2,1-2H3/t12-,13-/m0/s1. The molecule has 0 amide bonds. The number of aromatic nitrogens is 2. The molecule has 0 spiro atoms. The number of piperidine rings is 1. The molecule has 1 aromatic heterocycles. The summed E-state index contributed by atoms with van der Waals surface area (Å²) in [6.45, 7) is 10.1. The van der Waals surface area contributed by atoms with Crippen LogP contribution in [0.2, 0.25) is 0 Å². The Kier molecular flexibility index (Phi) is 4.56. The van der Waals surface area contributed by atoms with Crippen molar-refractivity contribution in [1.82, 2.24) is 15.1 Å². The Labute approximate surface area is 143 Å². The molecule has 6 heteroatoms. The number of nitrogens with zero attached hydrogens (tertiary/aromatic N) is 4. The van der Waals surface area contributed by atoms with E-state index < -0.39 is 0 Å². The summed E-state index contributed by atoms with van der Waals surface area (Å²) < 4.78 is 5.84. The molecule has 0 radical (unpaired) electrons. The van der Waals surface area contributed by atoms with Crippen LogP contribution >= 0.6 is 11.3 Å². The van der Waals surface area contributed by atoms with Crippen molar-refractivity contribution in [3.8, 4) is 0 Å². The van der Waals surface area contributed by atoms with E-state index in [-0.39, 0.29) is 0 Å². The van der Waals surface area contributed by atoms with Crippen LogP contribution in [0.1, 0.15) is 50.5 Å². The summed E-state index contributed by atoms with van der Waals surface area (Å²) in [4.78, 5) is 5.06. The Morgan fingerprint density at radius 2 is 1.74 bits per heavy atom. The summed E-state index contributed by atoms with van der Waals surface area (Å²) in [6.07, 6.45) is 5.93. The smallest absolute Gasteiger partial charge is 0.208 e. The van der Waals surface area contributed by atoms with Gasteiger partial charge in [0.25, 0.3) is 0 Å². The van der Waals surface area contributed by atoms with Gasteiger partial charge in [0, 0.05) is 38.6 Å². The van der Waals surface area contributed by atoms with E-state index in [9.17, 15) is 0 Å². The lowest BCUT2D eigenvalue weighted by molar-refractivity contribution is -0.0720. The maximum absolute atomic E-state index is 5.84. The quantitative estimate of drug-likeness (QED) is 0.846. The molecule has 0 unspecified atom stereocenters. The van der Waals surface area contributed by atoms with Crippen LogP contribution in [0, 0.1) is 5.92 Å². The lowest BCUT2D eigenvalue weighted by atomic mass is 9.96. The van der Waals surface area contributed by atoms with Crippen LogP contribution < -0.4 is 4.90 Å². The molecule has 1 saturated carbocycles. The minimum atomic E-state index is 0.376. The third kappa shape index (κ3) is 3.86. The van der Waals surface area contributed by atoms with E-state index in [0.29, 0.717) is 12.2 Å². The average Bonchev–Trinajstić information content (AvgIpc) is 3.25. The molecule has 3 aliphatic rings. The number of rotatable bonds is 4. The Morgan fingerprint density at radius 3 is 2.39 bits per heavy atom. The minimum absolute atomic E-state index is 0.376. The predicted octanol–water partition coefficient (Wildman–Crippen LogP) is 2.74. The van der Waals surface area contributed by atoms with Crippen LogP contribution in [0.15, 0.2) is 0 Å². The fourth-order valence-electron chi connectivity index (χ4n) is 3.95. The van der Waals surface area contributed by atoms with E-state index in [0.717, 1.165) is 43.1 Å². The molecule has 3 heterocycles. The van der Waals surface area contributed by atoms with E-state index in [1.165, 1.54) is 37.2 Å². The molecule has 128 valence electrons. The van der Waals surface area contributed by atoms with Gasteiger partial charge < -0.3 is 9.64 Å². The molecule has 2 aliphatic heterocycles. The molecule has 3 fully saturated rings. The first-order valence-electron chi connectivity index (χ1n) is 9.13. The molecule has 4 rings (SSSR count). The first kappa shape index (κ1) is 15.8. The molecule has 2 saturated heterocycles. The van der Waals surface area contributed by atoms with Crippen molar-refractivity contribution in [2.75, 3.05) is 37.6 Å². The van der Waals surface area contributed by atoms with Crippen molar-refractivity contribution in [2.24, 2.45) is 5.92 Å². The monoisotopic (exact) mass is 336 g/mol. The van der Waals surface area contributed by atoms with E-state index in [1.54, 1.807) is 0 Å². The van der Waals surface area contributed by atoms with Gasteiger partial charge in [-0.15, -0.1) is 10.2 Å². The number of hydrogen-bond acceptors (Lipinski definition) is 6. The zero-order valence-corrected chi connectivity index (χ0v) is 15.1. The Bertz CT molecular complexity index is 514. The molecule has 1 aromatic rings. The Balaban J connectivity index is 1.27. The second-order valence-electron chi connectivity index (χ2n) is 7.60. The van der Waals surface area contributed by atoms with E-state index in [4.69, 9.17) is 4.74 Å². The Morgan fingerprint density at radius 1 is 1.04 bits per heavy atom. The van der Waals surface area contributed by atoms with Gasteiger partial charge in [-0.1, -0.05) is 11.3 Å².